The van der Waals surface area contributed by atoms with E-state index >= 15 is 4.39 Å². The van der Waals surface area contributed by atoms with Crippen LogP contribution in [0.2, 0.25) is 0 Å². The lowest BCUT2D eigenvalue weighted by atomic mass is 9.51. The number of phenolic OH excluding ortho intramolecular Hbond substituents is 1. The highest BCUT2D eigenvalue weighted by Crippen LogP contribution is 2.63. The first-order valence-corrected chi connectivity index (χ1v) is 17.9. The van der Waals surface area contributed by atoms with Gasteiger partial charge in [0.05, 0.1) is 12.7 Å². The Bertz CT molecular complexity index is 1290. The zero-order chi connectivity index (χ0) is 31.6. The summed E-state index contributed by atoms with van der Waals surface area (Å²) in [5.74, 6) is 2.48. The first-order valence-electron chi connectivity index (χ1n) is 17.9. The first kappa shape index (κ1) is 32.3. The summed E-state index contributed by atoms with van der Waals surface area (Å²) >= 11 is 0. The molecule has 0 radical (unpaired) electrons. The quantitative estimate of drug-likeness (QED) is 0.248. The van der Waals surface area contributed by atoms with E-state index in [1.807, 2.05) is 43.3 Å². The van der Waals surface area contributed by atoms with E-state index in [4.69, 9.17) is 4.74 Å². The van der Waals surface area contributed by atoms with Gasteiger partial charge < -0.3 is 19.8 Å². The lowest BCUT2D eigenvalue weighted by Gasteiger charge is -2.54. The van der Waals surface area contributed by atoms with Gasteiger partial charge in [-0.2, -0.15) is 0 Å². The third-order valence-corrected chi connectivity index (χ3v) is 12.2. The van der Waals surface area contributed by atoms with Crippen molar-refractivity contribution in [3.05, 3.63) is 59.2 Å². The lowest BCUT2D eigenvalue weighted by Crippen LogP contribution is -2.51. The molecule has 6 heteroatoms. The molecule has 0 bridgehead atoms. The Morgan fingerprint density at radius 1 is 1.02 bits per heavy atom. The number of ether oxygens (including phenoxy) is 1. The highest BCUT2D eigenvalue weighted by Gasteiger charge is 2.59. The molecule has 2 aromatic carbocycles. The van der Waals surface area contributed by atoms with Gasteiger partial charge in [-0.05, 0) is 135 Å². The summed E-state index contributed by atoms with van der Waals surface area (Å²) in [5.41, 5.74) is 2.56. The summed E-state index contributed by atoms with van der Waals surface area (Å²) < 4.78 is 21.7. The summed E-state index contributed by atoms with van der Waals surface area (Å²) in [6.45, 7) is 6.29. The van der Waals surface area contributed by atoms with Crippen LogP contribution in [0.5, 0.6) is 11.5 Å². The molecule has 4 aliphatic carbocycles. The highest BCUT2D eigenvalue weighted by atomic mass is 19.1. The van der Waals surface area contributed by atoms with Crippen molar-refractivity contribution in [2.24, 2.45) is 29.1 Å². The number of unbranched alkanes of at least 4 members (excludes halogenated alkanes) is 2. The van der Waals surface area contributed by atoms with E-state index in [9.17, 15) is 15.0 Å². The number of fused-ring (bicyclic) bond motifs is 5. The minimum Gasteiger partial charge on any atom is -0.508 e. The van der Waals surface area contributed by atoms with E-state index in [-0.39, 0.29) is 28.9 Å². The number of amides is 1. The highest BCUT2D eigenvalue weighted by molar-refractivity contribution is 5.94. The van der Waals surface area contributed by atoms with Crippen molar-refractivity contribution in [2.45, 2.75) is 116 Å². The summed E-state index contributed by atoms with van der Waals surface area (Å²) in [7, 11) is 0. The Hall–Kier alpha value is -2.60. The molecule has 0 spiro atoms. The number of carbonyl (C=O) groups is 1. The Kier molecular flexibility index (Phi) is 10.1. The van der Waals surface area contributed by atoms with Crippen molar-refractivity contribution in [2.75, 3.05) is 19.7 Å². The van der Waals surface area contributed by atoms with Crippen molar-refractivity contribution in [1.82, 2.24) is 4.90 Å². The van der Waals surface area contributed by atoms with Gasteiger partial charge in [0.15, 0.2) is 0 Å². The number of hydrogen-bond donors (Lipinski definition) is 2. The van der Waals surface area contributed by atoms with Crippen LogP contribution in [0.15, 0.2) is 42.5 Å². The molecule has 0 aromatic heterocycles. The average Bonchev–Trinajstić information content (AvgIpc) is 3.33. The molecule has 2 aromatic rings. The largest absolute Gasteiger partial charge is 0.508 e. The fraction of sp³-hybridized carbons (Fsp3) is 0.667. The summed E-state index contributed by atoms with van der Waals surface area (Å²) in [6.07, 6.45) is 11.9. The third kappa shape index (κ3) is 6.77. The number of phenols is 1. The number of carbonyl (C=O) groups excluding carboxylic acids is 1. The number of benzene rings is 2. The van der Waals surface area contributed by atoms with Gasteiger partial charge in [-0.1, -0.05) is 45.1 Å². The van der Waals surface area contributed by atoms with E-state index in [0.29, 0.717) is 30.8 Å². The Balaban J connectivity index is 1.11. The molecule has 3 fully saturated rings. The Morgan fingerprint density at radius 2 is 1.80 bits per heavy atom. The minimum absolute atomic E-state index is 0.116. The van der Waals surface area contributed by atoms with Crippen LogP contribution in [0, 0.1) is 29.1 Å². The van der Waals surface area contributed by atoms with Gasteiger partial charge in [-0.25, -0.2) is 4.39 Å². The molecule has 0 saturated heterocycles. The predicted octanol–water partition coefficient (Wildman–Crippen LogP) is 8.47. The summed E-state index contributed by atoms with van der Waals surface area (Å²) in [5, 5.41) is 21.2. The van der Waals surface area contributed by atoms with Crippen molar-refractivity contribution in [1.29, 1.82) is 0 Å². The maximum atomic E-state index is 16.1. The van der Waals surface area contributed by atoms with E-state index in [1.54, 1.807) is 6.07 Å². The summed E-state index contributed by atoms with van der Waals surface area (Å²) in [6, 6.07) is 13.1. The van der Waals surface area contributed by atoms with E-state index in [2.05, 4.69) is 11.8 Å². The number of aliphatic hydroxyl groups excluding tert-OH is 1. The predicted molar refractivity (Wildman–Crippen MR) is 176 cm³/mol. The number of alkyl halides is 1. The molecular formula is C39H54FNO4. The van der Waals surface area contributed by atoms with Gasteiger partial charge in [0.2, 0.25) is 0 Å². The molecule has 1 amide bonds. The molecule has 7 atom stereocenters. The van der Waals surface area contributed by atoms with Gasteiger partial charge in [0, 0.05) is 24.6 Å². The lowest BCUT2D eigenvalue weighted by molar-refractivity contribution is -0.0722. The Morgan fingerprint density at radius 3 is 2.56 bits per heavy atom. The van der Waals surface area contributed by atoms with Crippen LogP contribution in [0.1, 0.15) is 118 Å². The fourth-order valence-electron chi connectivity index (χ4n) is 9.92. The smallest absolute Gasteiger partial charge is 0.253 e. The maximum Gasteiger partial charge on any atom is 0.253 e. The maximum absolute atomic E-state index is 16.1. The second-order valence-electron chi connectivity index (χ2n) is 14.9. The van der Waals surface area contributed by atoms with Crippen molar-refractivity contribution < 1.29 is 24.1 Å². The number of rotatable bonds is 11. The zero-order valence-corrected chi connectivity index (χ0v) is 27.4. The van der Waals surface area contributed by atoms with Gasteiger partial charge in [-0.15, -0.1) is 0 Å². The standard InChI is InChI=1S/C39H54FNO4/c1-3-45-31-16-13-27(14-17-31)38(44)41(25-26-10-6-4-7-11-26)21-9-5-8-12-28-22-29-23-30(42)15-18-32(29)37-34(40)24-39(2)33(36(28)37)19-20-35(39)43/h13-18,23,26,28,33-37,42-43H,3-12,19-22,24-25H2,1-2H3/t28-,33+,34+,35+,36+,37+,39+/m1/s1. The molecule has 0 aliphatic heterocycles. The van der Waals surface area contributed by atoms with Crippen molar-refractivity contribution in [3.63, 3.8) is 0 Å². The normalized spacial score (nSPS) is 31.1. The van der Waals surface area contributed by atoms with Crippen molar-refractivity contribution >= 4 is 5.91 Å². The van der Waals surface area contributed by atoms with Crippen LogP contribution in [0.4, 0.5) is 4.39 Å². The molecule has 0 heterocycles. The molecule has 6 rings (SSSR count). The molecular weight excluding hydrogens is 565 g/mol. The van der Waals surface area contributed by atoms with Crippen LogP contribution in [-0.2, 0) is 6.42 Å². The van der Waals surface area contributed by atoms with Gasteiger partial charge >= 0.3 is 0 Å². The molecule has 246 valence electrons. The van der Waals surface area contributed by atoms with Gasteiger partial charge in [0.1, 0.15) is 17.7 Å². The van der Waals surface area contributed by atoms with E-state index in [1.165, 1.54) is 32.1 Å². The molecule has 4 aliphatic rings. The number of aromatic hydroxyl groups is 1. The van der Waals surface area contributed by atoms with Crippen LogP contribution in [0.25, 0.3) is 0 Å². The van der Waals surface area contributed by atoms with Crippen LogP contribution >= 0.6 is 0 Å². The van der Waals surface area contributed by atoms with Gasteiger partial charge in [-0.3, -0.25) is 4.79 Å². The third-order valence-electron chi connectivity index (χ3n) is 12.2. The molecule has 3 saturated carbocycles. The summed E-state index contributed by atoms with van der Waals surface area (Å²) in [4.78, 5) is 15.8. The van der Waals surface area contributed by atoms with Crippen LogP contribution in [-0.4, -0.2) is 53.0 Å². The second-order valence-corrected chi connectivity index (χ2v) is 14.9. The van der Waals surface area contributed by atoms with Crippen LogP contribution < -0.4 is 4.74 Å². The molecule has 5 nitrogen and oxygen atoms in total. The topological polar surface area (TPSA) is 70.0 Å². The minimum atomic E-state index is -0.975. The molecule has 0 unspecified atom stereocenters. The second kappa shape index (κ2) is 14.0. The van der Waals surface area contributed by atoms with E-state index in [0.717, 1.165) is 80.5 Å². The zero-order valence-electron chi connectivity index (χ0n) is 27.4. The van der Waals surface area contributed by atoms with E-state index < -0.39 is 12.3 Å². The SMILES string of the molecule is CCOc1ccc(C(=O)N(CCCCC[C@@H]2Cc3cc(O)ccc3[C@@H]3[C@@H]2[C@@H]2CC[C@H](O)[C@@]2(C)C[C@@H]3F)CC2CCCCC2)cc1. The first-order chi connectivity index (χ1) is 21.8. The fourth-order valence-corrected chi connectivity index (χ4v) is 9.92. The average molecular weight is 620 g/mol. The van der Waals surface area contributed by atoms with Gasteiger partial charge in [0.25, 0.3) is 5.91 Å². The number of nitrogens with zero attached hydrogens (tertiary/aromatic N) is 1. The number of hydrogen-bond acceptors (Lipinski definition) is 4. The van der Waals surface area contributed by atoms with Crippen molar-refractivity contribution in [3.8, 4) is 11.5 Å². The monoisotopic (exact) mass is 619 g/mol. The molecule has 2 N–H and O–H groups in total. The molecule has 45 heavy (non-hydrogen) atoms. The number of aliphatic hydroxyl groups is 1. The number of halogens is 1. The Labute approximate surface area is 269 Å². The van der Waals surface area contributed by atoms with Crippen LogP contribution in [0.3, 0.4) is 0 Å².